The van der Waals surface area contributed by atoms with Crippen LogP contribution < -0.4 is 0 Å². The molecule has 0 bridgehead atoms. The largest absolute Gasteiger partial charge is 0.0622 e. The van der Waals surface area contributed by atoms with Crippen molar-refractivity contribution in [3.8, 4) is 0 Å². The molecule has 0 aromatic heterocycles. The summed E-state index contributed by atoms with van der Waals surface area (Å²) in [6, 6.07) is 66.2. The second-order valence-electron chi connectivity index (χ2n) is 10.8. The minimum atomic E-state index is 0.0916. The number of hydrogen-bond donors (Lipinski definition) is 0. The summed E-state index contributed by atoms with van der Waals surface area (Å²) in [5, 5.41) is 0. The van der Waals surface area contributed by atoms with Gasteiger partial charge in [-0.05, 0) is 55.7 Å². The van der Waals surface area contributed by atoms with E-state index in [2.05, 4.69) is 182 Å². The zero-order chi connectivity index (χ0) is 28.1. The Hall–Kier alpha value is -5.20. The Labute approximate surface area is 249 Å². The van der Waals surface area contributed by atoms with E-state index in [4.69, 9.17) is 0 Å². The molecule has 0 spiro atoms. The first-order valence-electron chi connectivity index (χ1n) is 14.7. The van der Waals surface area contributed by atoms with Gasteiger partial charge in [-0.2, -0.15) is 0 Å². The lowest BCUT2D eigenvalue weighted by Gasteiger charge is -2.41. The lowest BCUT2D eigenvalue weighted by Crippen LogP contribution is -2.22. The lowest BCUT2D eigenvalue weighted by atomic mass is 9.62. The summed E-state index contributed by atoms with van der Waals surface area (Å²) in [5.74, 6) is 0.183. The van der Waals surface area contributed by atoms with Gasteiger partial charge in [0.05, 0.1) is 0 Å². The average molecular weight is 537 g/mol. The molecule has 2 unspecified atom stereocenters. The fourth-order valence-corrected chi connectivity index (χ4v) is 6.65. The van der Waals surface area contributed by atoms with Gasteiger partial charge in [0, 0.05) is 11.8 Å². The minimum Gasteiger partial charge on any atom is -0.0622 e. The van der Waals surface area contributed by atoms with Crippen molar-refractivity contribution in [1.29, 1.82) is 0 Å². The Morgan fingerprint density at radius 3 is 0.762 bits per heavy atom. The fraction of sp³-hybridized carbons (Fsp3) is 0.0476. The van der Waals surface area contributed by atoms with Gasteiger partial charge in [0.1, 0.15) is 0 Å². The summed E-state index contributed by atoms with van der Waals surface area (Å²) in [7, 11) is 0. The second-order valence-corrected chi connectivity index (χ2v) is 10.8. The summed E-state index contributed by atoms with van der Waals surface area (Å²) in [6.07, 6.45) is 0. The van der Waals surface area contributed by atoms with Crippen LogP contribution in [-0.4, -0.2) is 0 Å². The van der Waals surface area contributed by atoms with Crippen LogP contribution in [0.25, 0.3) is 22.3 Å². The van der Waals surface area contributed by atoms with E-state index in [1.165, 1.54) is 55.7 Å². The third-order valence-corrected chi connectivity index (χ3v) is 8.36. The van der Waals surface area contributed by atoms with Crippen molar-refractivity contribution >= 4 is 22.3 Å². The zero-order valence-corrected chi connectivity index (χ0v) is 23.5. The molecule has 0 heteroatoms. The van der Waals surface area contributed by atoms with Gasteiger partial charge in [-0.1, -0.05) is 182 Å². The van der Waals surface area contributed by atoms with E-state index in [9.17, 15) is 0 Å². The van der Waals surface area contributed by atoms with E-state index in [1.807, 2.05) is 0 Å². The highest BCUT2D eigenvalue weighted by Gasteiger charge is 2.40. The van der Waals surface area contributed by atoms with Crippen molar-refractivity contribution in [2.24, 2.45) is 0 Å². The molecule has 6 aromatic carbocycles. The number of rotatable bonds is 6. The van der Waals surface area contributed by atoms with Crippen LogP contribution in [-0.2, 0) is 0 Å². The minimum absolute atomic E-state index is 0.0916. The molecule has 0 radical (unpaired) electrons. The molecule has 7 rings (SSSR count). The highest BCUT2D eigenvalue weighted by atomic mass is 14.4. The zero-order valence-electron chi connectivity index (χ0n) is 23.5. The van der Waals surface area contributed by atoms with Crippen LogP contribution in [0, 0.1) is 0 Å². The van der Waals surface area contributed by atoms with Gasteiger partial charge < -0.3 is 0 Å². The number of allylic oxidation sites excluding steroid dienone is 4. The maximum atomic E-state index is 2.31. The summed E-state index contributed by atoms with van der Waals surface area (Å²) in [4.78, 5) is 0. The summed E-state index contributed by atoms with van der Waals surface area (Å²) in [5.41, 5.74) is 12.9. The molecule has 2 atom stereocenters. The first-order valence-corrected chi connectivity index (χ1v) is 14.7. The van der Waals surface area contributed by atoms with Crippen molar-refractivity contribution < 1.29 is 0 Å². The van der Waals surface area contributed by atoms with Gasteiger partial charge in [0.2, 0.25) is 0 Å². The molecular weight excluding hydrogens is 504 g/mol. The molecule has 0 N–H and O–H groups in total. The Morgan fingerprint density at radius 1 is 0.238 bits per heavy atom. The lowest BCUT2D eigenvalue weighted by molar-refractivity contribution is 0.766. The highest BCUT2D eigenvalue weighted by Crippen LogP contribution is 2.60. The predicted octanol–water partition coefficient (Wildman–Crippen LogP) is 10.8. The topological polar surface area (TPSA) is 0 Å². The maximum Gasteiger partial charge on any atom is 0.0211 e. The standard InChI is InChI=1S/C42H32/c1-7-19-31(20-8-1)37-38(32-21-9-2-10-22-32)40(34-25-13-4-14-26-34)42(36-29-17-6-18-30-36)41(35-27-15-5-16-28-35)39(37)33-23-11-3-12-24-33/h1-30,37-38H. The molecule has 200 valence electrons. The van der Waals surface area contributed by atoms with Crippen LogP contribution in [0.2, 0.25) is 0 Å². The monoisotopic (exact) mass is 536 g/mol. The Morgan fingerprint density at radius 2 is 0.476 bits per heavy atom. The molecular formula is C42H32. The van der Waals surface area contributed by atoms with Crippen LogP contribution in [0.1, 0.15) is 45.2 Å². The average Bonchev–Trinajstić information content (AvgIpc) is 3.09. The molecule has 0 saturated carbocycles. The van der Waals surface area contributed by atoms with Gasteiger partial charge in [-0.3, -0.25) is 0 Å². The first-order chi connectivity index (χ1) is 20.9. The van der Waals surface area contributed by atoms with Crippen LogP contribution in [0.5, 0.6) is 0 Å². The molecule has 0 fully saturated rings. The van der Waals surface area contributed by atoms with Gasteiger partial charge in [0.15, 0.2) is 0 Å². The van der Waals surface area contributed by atoms with Crippen molar-refractivity contribution in [2.75, 3.05) is 0 Å². The number of benzene rings is 6. The molecule has 0 nitrogen and oxygen atoms in total. The Bertz CT molecular complexity index is 1680. The molecule has 1 aliphatic carbocycles. The van der Waals surface area contributed by atoms with E-state index < -0.39 is 0 Å². The van der Waals surface area contributed by atoms with Crippen LogP contribution in [0.3, 0.4) is 0 Å². The molecule has 1 aliphatic rings. The SMILES string of the molecule is c1ccc(C2=C(c3ccccc3)C(c3ccccc3)C(c3ccccc3)C(c3ccccc3)=C2c2ccccc2)cc1. The van der Waals surface area contributed by atoms with Crippen LogP contribution >= 0.6 is 0 Å². The van der Waals surface area contributed by atoms with Gasteiger partial charge >= 0.3 is 0 Å². The molecule has 6 aromatic rings. The van der Waals surface area contributed by atoms with E-state index >= 15 is 0 Å². The Balaban J connectivity index is 1.71. The van der Waals surface area contributed by atoms with Crippen molar-refractivity contribution in [3.05, 3.63) is 215 Å². The summed E-state index contributed by atoms with van der Waals surface area (Å²) < 4.78 is 0. The molecule has 42 heavy (non-hydrogen) atoms. The molecule has 0 aliphatic heterocycles. The van der Waals surface area contributed by atoms with Gasteiger partial charge in [0.25, 0.3) is 0 Å². The third kappa shape index (κ3) is 4.82. The van der Waals surface area contributed by atoms with Gasteiger partial charge in [-0.15, -0.1) is 0 Å². The van der Waals surface area contributed by atoms with Crippen LogP contribution in [0.4, 0.5) is 0 Å². The van der Waals surface area contributed by atoms with Crippen molar-refractivity contribution in [2.45, 2.75) is 11.8 Å². The van der Waals surface area contributed by atoms with E-state index in [0.717, 1.165) is 0 Å². The summed E-state index contributed by atoms with van der Waals surface area (Å²) >= 11 is 0. The third-order valence-electron chi connectivity index (χ3n) is 8.36. The Kier molecular flexibility index (Phi) is 7.19. The van der Waals surface area contributed by atoms with E-state index in [0.29, 0.717) is 0 Å². The predicted molar refractivity (Wildman–Crippen MR) is 178 cm³/mol. The molecule has 0 saturated heterocycles. The van der Waals surface area contributed by atoms with Gasteiger partial charge in [-0.25, -0.2) is 0 Å². The first kappa shape index (κ1) is 25.7. The fourth-order valence-electron chi connectivity index (χ4n) is 6.65. The van der Waals surface area contributed by atoms with Crippen LogP contribution in [0.15, 0.2) is 182 Å². The number of hydrogen-bond acceptors (Lipinski definition) is 0. The smallest absolute Gasteiger partial charge is 0.0211 e. The maximum absolute atomic E-state index is 2.31. The van der Waals surface area contributed by atoms with Crippen molar-refractivity contribution in [3.63, 3.8) is 0 Å². The molecule has 0 amide bonds. The normalized spacial score (nSPS) is 16.9. The second kappa shape index (κ2) is 11.7. The van der Waals surface area contributed by atoms with E-state index in [1.54, 1.807) is 0 Å². The van der Waals surface area contributed by atoms with Crippen molar-refractivity contribution in [1.82, 2.24) is 0 Å². The summed E-state index contributed by atoms with van der Waals surface area (Å²) in [6.45, 7) is 0. The molecule has 0 heterocycles. The van der Waals surface area contributed by atoms with E-state index in [-0.39, 0.29) is 11.8 Å². The quantitative estimate of drug-likeness (QED) is 0.199. The highest BCUT2D eigenvalue weighted by molar-refractivity contribution is 6.25.